The first kappa shape index (κ1) is 16.2. The molecule has 0 spiro atoms. The van der Waals surface area contributed by atoms with Gasteiger partial charge < -0.3 is 14.5 Å². The van der Waals surface area contributed by atoms with Crippen LogP contribution in [0.3, 0.4) is 0 Å². The van der Waals surface area contributed by atoms with Gasteiger partial charge >= 0.3 is 0 Å². The number of benzene rings is 2. The standard InChI is InChI=1S/C19H21N3O2/c23-15-14-22(17-10-5-2-6-11-17)13-7-12-18-20-19(21-24-18)16-8-3-1-4-9-16/h1-6,8-11,23H,7,12-15H2. The van der Waals surface area contributed by atoms with E-state index in [2.05, 4.69) is 27.2 Å². The molecule has 5 heteroatoms. The summed E-state index contributed by atoms with van der Waals surface area (Å²) in [5.74, 6) is 1.27. The van der Waals surface area contributed by atoms with Gasteiger partial charge in [-0.1, -0.05) is 53.7 Å². The van der Waals surface area contributed by atoms with Crippen LogP contribution < -0.4 is 4.90 Å². The predicted octanol–water partition coefficient (Wildman–Crippen LogP) is 3.17. The van der Waals surface area contributed by atoms with Gasteiger partial charge in [0.2, 0.25) is 11.7 Å². The molecule has 24 heavy (non-hydrogen) atoms. The number of hydrogen-bond acceptors (Lipinski definition) is 5. The fourth-order valence-electron chi connectivity index (χ4n) is 2.61. The molecule has 3 rings (SSSR count). The molecule has 124 valence electrons. The fraction of sp³-hybridized carbons (Fsp3) is 0.263. The highest BCUT2D eigenvalue weighted by Gasteiger charge is 2.10. The molecule has 0 atom stereocenters. The largest absolute Gasteiger partial charge is 0.395 e. The lowest BCUT2D eigenvalue weighted by molar-refractivity contribution is 0.301. The minimum atomic E-state index is 0.133. The number of rotatable bonds is 8. The number of anilines is 1. The van der Waals surface area contributed by atoms with E-state index in [1.165, 1.54) is 0 Å². The minimum Gasteiger partial charge on any atom is -0.395 e. The van der Waals surface area contributed by atoms with Crippen molar-refractivity contribution in [1.82, 2.24) is 10.1 Å². The zero-order valence-electron chi connectivity index (χ0n) is 13.5. The van der Waals surface area contributed by atoms with E-state index in [-0.39, 0.29) is 6.61 Å². The van der Waals surface area contributed by atoms with Crippen LogP contribution in [0.4, 0.5) is 5.69 Å². The van der Waals surface area contributed by atoms with Crippen LogP contribution >= 0.6 is 0 Å². The maximum atomic E-state index is 9.26. The molecular formula is C19H21N3O2. The van der Waals surface area contributed by atoms with Gasteiger partial charge in [0.25, 0.3) is 0 Å². The SMILES string of the molecule is OCCN(CCCc1nc(-c2ccccc2)no1)c1ccccc1. The molecule has 0 saturated heterocycles. The average molecular weight is 323 g/mol. The van der Waals surface area contributed by atoms with Crippen LogP contribution in [0.5, 0.6) is 0 Å². The number of para-hydroxylation sites is 1. The fourth-order valence-corrected chi connectivity index (χ4v) is 2.61. The summed E-state index contributed by atoms with van der Waals surface area (Å²) in [5, 5.41) is 13.3. The molecule has 2 aromatic carbocycles. The maximum absolute atomic E-state index is 9.26. The third-order valence-corrected chi connectivity index (χ3v) is 3.81. The Morgan fingerprint density at radius 2 is 1.62 bits per heavy atom. The molecule has 1 N–H and O–H groups in total. The van der Waals surface area contributed by atoms with Crippen LogP contribution in [0.25, 0.3) is 11.4 Å². The van der Waals surface area contributed by atoms with Gasteiger partial charge in [-0.15, -0.1) is 0 Å². The van der Waals surface area contributed by atoms with Crippen molar-refractivity contribution in [1.29, 1.82) is 0 Å². The summed E-state index contributed by atoms with van der Waals surface area (Å²) < 4.78 is 5.34. The topological polar surface area (TPSA) is 62.4 Å². The Morgan fingerprint density at radius 1 is 0.917 bits per heavy atom. The normalized spacial score (nSPS) is 10.7. The molecule has 0 saturated carbocycles. The van der Waals surface area contributed by atoms with Gasteiger partial charge in [-0.05, 0) is 18.6 Å². The van der Waals surface area contributed by atoms with Gasteiger partial charge in [0.1, 0.15) is 0 Å². The van der Waals surface area contributed by atoms with Gasteiger partial charge in [0, 0.05) is 30.8 Å². The maximum Gasteiger partial charge on any atom is 0.227 e. The Labute approximate surface area is 141 Å². The summed E-state index contributed by atoms with van der Waals surface area (Å²) in [6, 6.07) is 19.9. The van der Waals surface area contributed by atoms with E-state index >= 15 is 0 Å². The van der Waals surface area contributed by atoms with Gasteiger partial charge in [0.05, 0.1) is 6.61 Å². The Morgan fingerprint density at radius 3 is 2.33 bits per heavy atom. The van der Waals surface area contributed by atoms with Crippen molar-refractivity contribution in [2.24, 2.45) is 0 Å². The zero-order chi connectivity index (χ0) is 16.6. The summed E-state index contributed by atoms with van der Waals surface area (Å²) in [4.78, 5) is 6.61. The van der Waals surface area contributed by atoms with E-state index in [1.807, 2.05) is 48.5 Å². The van der Waals surface area contributed by atoms with Crippen LogP contribution in [-0.4, -0.2) is 34.9 Å². The van der Waals surface area contributed by atoms with Crippen molar-refractivity contribution in [3.63, 3.8) is 0 Å². The summed E-state index contributed by atoms with van der Waals surface area (Å²) in [7, 11) is 0. The number of aromatic nitrogens is 2. The summed E-state index contributed by atoms with van der Waals surface area (Å²) in [6.07, 6.45) is 1.60. The first-order valence-corrected chi connectivity index (χ1v) is 8.15. The highest BCUT2D eigenvalue weighted by molar-refractivity contribution is 5.53. The van der Waals surface area contributed by atoms with E-state index in [9.17, 15) is 5.11 Å². The molecule has 0 aliphatic rings. The quantitative estimate of drug-likeness (QED) is 0.690. The molecular weight excluding hydrogens is 302 g/mol. The monoisotopic (exact) mass is 323 g/mol. The van der Waals surface area contributed by atoms with Crippen molar-refractivity contribution in [2.75, 3.05) is 24.6 Å². The lowest BCUT2D eigenvalue weighted by Crippen LogP contribution is -2.28. The molecule has 1 heterocycles. The second kappa shape index (κ2) is 8.26. The van der Waals surface area contributed by atoms with E-state index in [1.54, 1.807) is 0 Å². The highest BCUT2D eigenvalue weighted by Crippen LogP contribution is 2.17. The van der Waals surface area contributed by atoms with Crippen LogP contribution in [0.15, 0.2) is 65.2 Å². The number of aliphatic hydroxyl groups excluding tert-OH is 1. The van der Waals surface area contributed by atoms with Crippen LogP contribution in [-0.2, 0) is 6.42 Å². The summed E-state index contributed by atoms with van der Waals surface area (Å²) >= 11 is 0. The van der Waals surface area contributed by atoms with Gasteiger partial charge in [-0.3, -0.25) is 0 Å². The molecule has 0 aliphatic heterocycles. The van der Waals surface area contributed by atoms with Crippen molar-refractivity contribution >= 4 is 5.69 Å². The molecule has 0 fully saturated rings. The molecule has 5 nitrogen and oxygen atoms in total. The van der Waals surface area contributed by atoms with Crippen LogP contribution in [0.1, 0.15) is 12.3 Å². The number of aliphatic hydroxyl groups is 1. The lowest BCUT2D eigenvalue weighted by Gasteiger charge is -2.23. The molecule has 0 unspecified atom stereocenters. The Bertz CT molecular complexity index is 729. The third-order valence-electron chi connectivity index (χ3n) is 3.81. The Kier molecular flexibility index (Phi) is 5.58. The third kappa shape index (κ3) is 4.20. The van der Waals surface area contributed by atoms with E-state index in [0.717, 1.165) is 24.2 Å². The Balaban J connectivity index is 1.56. The molecule has 0 aliphatic carbocycles. The van der Waals surface area contributed by atoms with Crippen molar-refractivity contribution in [2.45, 2.75) is 12.8 Å². The van der Waals surface area contributed by atoms with Gasteiger partial charge in [0.15, 0.2) is 0 Å². The number of aryl methyl sites for hydroxylation is 1. The molecule has 3 aromatic rings. The predicted molar refractivity (Wildman–Crippen MR) is 93.8 cm³/mol. The van der Waals surface area contributed by atoms with Crippen LogP contribution in [0, 0.1) is 0 Å². The molecule has 0 radical (unpaired) electrons. The van der Waals surface area contributed by atoms with Gasteiger partial charge in [-0.25, -0.2) is 0 Å². The Hall–Kier alpha value is -2.66. The van der Waals surface area contributed by atoms with E-state index < -0.39 is 0 Å². The van der Waals surface area contributed by atoms with E-state index in [4.69, 9.17) is 4.52 Å². The average Bonchev–Trinajstić information content (AvgIpc) is 3.11. The van der Waals surface area contributed by atoms with Crippen molar-refractivity contribution < 1.29 is 9.63 Å². The first-order chi connectivity index (χ1) is 11.9. The minimum absolute atomic E-state index is 0.133. The molecule has 1 aromatic heterocycles. The lowest BCUT2D eigenvalue weighted by atomic mass is 10.2. The summed E-state index contributed by atoms with van der Waals surface area (Å²) in [6.45, 7) is 1.57. The highest BCUT2D eigenvalue weighted by atomic mass is 16.5. The molecule has 0 bridgehead atoms. The van der Waals surface area contributed by atoms with Crippen molar-refractivity contribution in [3.8, 4) is 11.4 Å². The molecule has 0 amide bonds. The first-order valence-electron chi connectivity index (χ1n) is 8.15. The second-order valence-corrected chi connectivity index (χ2v) is 5.53. The van der Waals surface area contributed by atoms with Crippen LogP contribution in [0.2, 0.25) is 0 Å². The smallest absolute Gasteiger partial charge is 0.227 e. The number of nitrogens with zero attached hydrogens (tertiary/aromatic N) is 3. The summed E-state index contributed by atoms with van der Waals surface area (Å²) in [5.41, 5.74) is 2.07. The van der Waals surface area contributed by atoms with E-state index in [0.29, 0.717) is 24.7 Å². The second-order valence-electron chi connectivity index (χ2n) is 5.53. The number of hydrogen-bond donors (Lipinski definition) is 1. The van der Waals surface area contributed by atoms with Crippen molar-refractivity contribution in [3.05, 3.63) is 66.6 Å². The van der Waals surface area contributed by atoms with Gasteiger partial charge in [-0.2, -0.15) is 4.98 Å². The zero-order valence-corrected chi connectivity index (χ0v) is 13.5.